The number of nitrogens with zero attached hydrogens (tertiary/aromatic N) is 2. The Hall–Kier alpha value is -2.70. The Kier molecular flexibility index (Phi) is 10.0. The van der Waals surface area contributed by atoms with Gasteiger partial charge in [-0.25, -0.2) is 0 Å². The number of methoxy groups -OCH3 is 1. The second kappa shape index (κ2) is 12.6. The molecule has 0 fully saturated rings. The molecule has 2 N–H and O–H groups in total. The quantitative estimate of drug-likeness (QED) is 0.189. The van der Waals surface area contributed by atoms with E-state index in [0.29, 0.717) is 28.5 Å². The number of benzene rings is 4. The minimum absolute atomic E-state index is 0. The Bertz CT molecular complexity index is 1710. The summed E-state index contributed by atoms with van der Waals surface area (Å²) < 4.78 is 39.0. The van der Waals surface area contributed by atoms with E-state index in [1.165, 1.54) is 31.4 Å². The molecular formula is C26H20Cl2N3NaO6S. The van der Waals surface area contributed by atoms with Gasteiger partial charge in [0.25, 0.3) is 16.0 Å². The molecule has 13 heteroatoms. The Morgan fingerprint density at radius 1 is 1.08 bits per heavy atom. The van der Waals surface area contributed by atoms with E-state index >= 15 is 0 Å². The molecule has 0 spiro atoms. The number of azo groups is 1. The maximum atomic E-state index is 13.4. The minimum atomic E-state index is -4.77. The van der Waals surface area contributed by atoms with Crippen molar-refractivity contribution in [3.63, 3.8) is 0 Å². The van der Waals surface area contributed by atoms with E-state index in [0.717, 1.165) is 0 Å². The fraction of sp³-hybridized carbons (Fsp3) is 0.115. The summed E-state index contributed by atoms with van der Waals surface area (Å²) in [7, 11) is -3.31. The number of fused-ring (bicyclic) bond motifs is 1. The smallest absolute Gasteiger partial charge is 0.870 e. The number of hydrogen-bond acceptors (Lipinski definition) is 7. The third-order valence-corrected chi connectivity index (χ3v) is 7.50. The van der Waals surface area contributed by atoms with Gasteiger partial charge in [-0.2, -0.15) is 13.5 Å². The van der Waals surface area contributed by atoms with Gasteiger partial charge in [0.05, 0.1) is 28.5 Å². The van der Waals surface area contributed by atoms with E-state index in [9.17, 15) is 22.9 Å². The number of aryl methyl sites for hydroxylation is 1. The number of amides is 1. The second-order valence-electron chi connectivity index (χ2n) is 8.04. The van der Waals surface area contributed by atoms with Gasteiger partial charge in [0, 0.05) is 17.0 Å². The van der Waals surface area contributed by atoms with E-state index in [1.807, 2.05) is 0 Å². The molecule has 0 heterocycles. The van der Waals surface area contributed by atoms with E-state index in [1.54, 1.807) is 43.3 Å². The average molecular weight is 596 g/mol. The summed E-state index contributed by atoms with van der Waals surface area (Å²) in [5.74, 6) is -1.06. The van der Waals surface area contributed by atoms with E-state index in [2.05, 4.69) is 15.5 Å². The Balaban J connectivity index is 0.00000420. The van der Waals surface area contributed by atoms with E-state index in [4.69, 9.17) is 27.9 Å². The zero-order valence-electron chi connectivity index (χ0n) is 21.0. The van der Waals surface area contributed by atoms with Gasteiger partial charge < -0.3 is 15.2 Å². The van der Waals surface area contributed by atoms with Crippen LogP contribution in [-0.4, -0.2) is 26.0 Å². The number of ether oxygens (including phenoxy) is 1. The third kappa shape index (κ3) is 6.55. The molecule has 39 heavy (non-hydrogen) atoms. The van der Waals surface area contributed by atoms with Crippen LogP contribution in [-0.2, 0) is 16.5 Å². The molecular weight excluding hydrogens is 576 g/mol. The third-order valence-electron chi connectivity index (χ3n) is 5.69. The first-order chi connectivity index (χ1) is 18.0. The Morgan fingerprint density at radius 3 is 2.46 bits per heavy atom. The van der Waals surface area contributed by atoms with E-state index < -0.39 is 26.7 Å². The molecule has 0 atom stereocenters. The zero-order chi connectivity index (χ0) is 27.6. The number of rotatable bonds is 7. The SMILES string of the molecule is CCc1ccc(N=Nc2c([O-])c(C(=O)Nc3cc(OC)ccc3Cl)cc3ccccc23)c(S(=O)(=O)O)c1Cl.[Na+]. The Morgan fingerprint density at radius 2 is 1.79 bits per heavy atom. The molecule has 0 radical (unpaired) electrons. The van der Waals surface area contributed by atoms with Crippen LogP contribution in [0.1, 0.15) is 22.8 Å². The fourth-order valence-corrected chi connectivity index (χ4v) is 5.26. The average Bonchev–Trinajstić information content (AvgIpc) is 2.88. The van der Waals surface area contributed by atoms with Gasteiger partial charge in [-0.3, -0.25) is 9.35 Å². The van der Waals surface area contributed by atoms with Crippen LogP contribution in [0.15, 0.2) is 75.8 Å². The summed E-state index contributed by atoms with van der Waals surface area (Å²) in [6.45, 7) is 1.77. The van der Waals surface area contributed by atoms with Crippen molar-refractivity contribution >= 4 is 67.1 Å². The molecule has 9 nitrogen and oxygen atoms in total. The van der Waals surface area contributed by atoms with Gasteiger partial charge in [-0.1, -0.05) is 66.2 Å². The summed E-state index contributed by atoms with van der Waals surface area (Å²) in [5.41, 5.74) is -0.0117. The second-order valence-corrected chi connectivity index (χ2v) is 10.2. The van der Waals surface area contributed by atoms with Gasteiger partial charge >= 0.3 is 29.6 Å². The van der Waals surface area contributed by atoms with Crippen molar-refractivity contribution in [1.82, 2.24) is 0 Å². The summed E-state index contributed by atoms with van der Waals surface area (Å²) in [5, 5.41) is 24.9. The molecule has 4 rings (SSSR count). The minimum Gasteiger partial charge on any atom is -0.870 e. The molecule has 0 bridgehead atoms. The predicted molar refractivity (Wildman–Crippen MR) is 144 cm³/mol. The summed E-state index contributed by atoms with van der Waals surface area (Å²) >= 11 is 12.4. The van der Waals surface area contributed by atoms with Crippen molar-refractivity contribution in [3.8, 4) is 11.5 Å². The molecule has 0 unspecified atom stereocenters. The van der Waals surface area contributed by atoms with Crippen LogP contribution in [0.5, 0.6) is 11.5 Å². The first kappa shape index (κ1) is 30.8. The van der Waals surface area contributed by atoms with E-state index in [-0.39, 0.29) is 62.2 Å². The van der Waals surface area contributed by atoms with Crippen LogP contribution in [0.4, 0.5) is 17.1 Å². The predicted octanol–water partition coefficient (Wildman–Crippen LogP) is 3.71. The molecule has 0 aliphatic rings. The van der Waals surface area contributed by atoms with Crippen LogP contribution < -0.4 is 44.7 Å². The maximum Gasteiger partial charge on any atom is 1.00 e. The normalized spacial score (nSPS) is 11.4. The van der Waals surface area contributed by atoms with Gasteiger partial charge in [0.1, 0.15) is 16.3 Å². The molecule has 4 aromatic carbocycles. The molecule has 0 saturated carbocycles. The number of hydrogen-bond donors (Lipinski definition) is 2. The Labute approximate surface area is 256 Å². The van der Waals surface area contributed by atoms with Gasteiger partial charge in [-0.05, 0) is 41.6 Å². The number of nitrogens with one attached hydrogen (secondary N) is 1. The first-order valence-electron chi connectivity index (χ1n) is 11.1. The van der Waals surface area contributed by atoms with Crippen LogP contribution in [0, 0.1) is 0 Å². The van der Waals surface area contributed by atoms with Gasteiger partial charge in [-0.15, -0.1) is 5.11 Å². The van der Waals surface area contributed by atoms with Crippen LogP contribution in [0.3, 0.4) is 0 Å². The van der Waals surface area contributed by atoms with Crippen molar-refractivity contribution in [2.45, 2.75) is 18.2 Å². The van der Waals surface area contributed by atoms with Crippen molar-refractivity contribution < 1.29 is 57.2 Å². The molecule has 0 aromatic heterocycles. The van der Waals surface area contributed by atoms with Crippen LogP contribution >= 0.6 is 23.2 Å². The summed E-state index contributed by atoms with van der Waals surface area (Å²) in [6.07, 6.45) is 0.405. The van der Waals surface area contributed by atoms with Crippen molar-refractivity contribution in [2.75, 3.05) is 12.4 Å². The summed E-state index contributed by atoms with van der Waals surface area (Å²) in [4.78, 5) is 12.5. The van der Waals surface area contributed by atoms with Gasteiger partial charge in [0.15, 0.2) is 0 Å². The molecule has 1 amide bonds. The van der Waals surface area contributed by atoms with Crippen molar-refractivity contribution in [3.05, 3.63) is 81.8 Å². The molecule has 4 aromatic rings. The van der Waals surface area contributed by atoms with Gasteiger partial charge in [0.2, 0.25) is 0 Å². The largest absolute Gasteiger partial charge is 1.00 e. The fourth-order valence-electron chi connectivity index (χ4n) is 3.78. The number of halogens is 2. The standard InChI is InChI=1S/C26H21Cl2N3O6S.Na/c1-3-14-8-11-20(25(22(14)28)38(34,35)36)30-31-23-17-7-5-4-6-15(17)12-18(24(23)32)26(33)29-21-13-16(37-2)9-10-19(21)27;/h4-13,32H,3H2,1-2H3,(H,29,33)(H,34,35,36);/q;+1/p-1. The topological polar surface area (TPSA) is 140 Å². The summed E-state index contributed by atoms with van der Waals surface area (Å²) in [6, 6.07) is 15.6. The first-order valence-corrected chi connectivity index (χ1v) is 13.3. The van der Waals surface area contributed by atoms with Crippen molar-refractivity contribution in [1.29, 1.82) is 0 Å². The van der Waals surface area contributed by atoms with Crippen LogP contribution in [0.25, 0.3) is 10.8 Å². The number of anilines is 1. The maximum absolute atomic E-state index is 13.4. The monoisotopic (exact) mass is 595 g/mol. The van der Waals surface area contributed by atoms with Crippen LogP contribution in [0.2, 0.25) is 10.0 Å². The number of carbonyl (C=O) groups excluding carboxylic acids is 1. The van der Waals surface area contributed by atoms with Crippen molar-refractivity contribution in [2.24, 2.45) is 10.2 Å². The number of carbonyl (C=O) groups is 1. The molecule has 0 saturated heterocycles. The molecule has 196 valence electrons. The molecule has 0 aliphatic carbocycles. The molecule has 0 aliphatic heterocycles. The zero-order valence-corrected chi connectivity index (χ0v) is 25.4.